The van der Waals surface area contributed by atoms with E-state index in [-0.39, 0.29) is 0 Å². The fourth-order valence-electron chi connectivity index (χ4n) is 2.85. The predicted molar refractivity (Wildman–Crippen MR) is 84.9 cm³/mol. The first-order chi connectivity index (χ1) is 9.72. The molecule has 112 valence electrons. The van der Waals surface area contributed by atoms with Crippen LogP contribution in [0.5, 0.6) is 0 Å². The molecule has 0 saturated carbocycles. The smallest absolute Gasteiger partial charge is 0.0640 e. The van der Waals surface area contributed by atoms with E-state index < -0.39 is 0 Å². The van der Waals surface area contributed by atoms with Crippen LogP contribution in [0.1, 0.15) is 64.1 Å². The molecule has 0 amide bonds. The molecule has 1 aromatic rings. The quantitative estimate of drug-likeness (QED) is 0.765. The number of nitrogens with zero attached hydrogens (tertiary/aromatic N) is 2. The monoisotopic (exact) mass is 275 g/mol. The average Bonchev–Trinajstić information content (AvgIpc) is 2.95. The second kappa shape index (κ2) is 7.63. The van der Waals surface area contributed by atoms with Crippen LogP contribution >= 0.6 is 0 Å². The van der Waals surface area contributed by atoms with Crippen LogP contribution in [0, 0.1) is 0 Å². The van der Waals surface area contributed by atoms with Crippen LogP contribution in [-0.4, -0.2) is 22.9 Å². The second-order valence-corrected chi connectivity index (χ2v) is 6.05. The molecule has 3 heteroatoms. The van der Waals surface area contributed by atoms with Crippen molar-refractivity contribution in [3.05, 3.63) is 29.6 Å². The fraction of sp³-hybridized carbons (Fsp3) is 0.706. The van der Waals surface area contributed by atoms with Crippen molar-refractivity contribution in [1.82, 2.24) is 15.1 Å². The van der Waals surface area contributed by atoms with Gasteiger partial charge in [0, 0.05) is 24.7 Å². The van der Waals surface area contributed by atoms with Crippen LogP contribution in [0.3, 0.4) is 0 Å². The number of nitrogens with one attached hydrogen (secondary N) is 1. The van der Waals surface area contributed by atoms with Gasteiger partial charge < -0.3 is 5.32 Å². The van der Waals surface area contributed by atoms with Gasteiger partial charge in [0.2, 0.25) is 0 Å². The van der Waals surface area contributed by atoms with Crippen LogP contribution < -0.4 is 5.32 Å². The lowest BCUT2D eigenvalue weighted by Gasteiger charge is -2.19. The highest BCUT2D eigenvalue weighted by molar-refractivity contribution is 5.10. The van der Waals surface area contributed by atoms with Crippen molar-refractivity contribution in [3.63, 3.8) is 0 Å². The molecule has 1 heterocycles. The summed E-state index contributed by atoms with van der Waals surface area (Å²) >= 11 is 0. The Kier molecular flexibility index (Phi) is 5.84. The summed E-state index contributed by atoms with van der Waals surface area (Å²) in [6, 6.07) is 3.18. The summed E-state index contributed by atoms with van der Waals surface area (Å²) in [5.74, 6) is 0. The lowest BCUT2D eigenvalue weighted by Crippen LogP contribution is -2.28. The molecule has 0 aliphatic heterocycles. The Labute approximate surface area is 123 Å². The van der Waals surface area contributed by atoms with Crippen LogP contribution in [-0.2, 0) is 6.42 Å². The van der Waals surface area contributed by atoms with Crippen molar-refractivity contribution in [1.29, 1.82) is 0 Å². The first-order valence-corrected chi connectivity index (χ1v) is 8.12. The topological polar surface area (TPSA) is 29.9 Å². The first-order valence-electron chi connectivity index (χ1n) is 8.12. The summed E-state index contributed by atoms with van der Waals surface area (Å²) in [7, 11) is 2.07. The Bertz CT molecular complexity index is 433. The zero-order valence-corrected chi connectivity index (χ0v) is 13.2. The van der Waals surface area contributed by atoms with Gasteiger partial charge in [-0.2, -0.15) is 5.10 Å². The molecule has 1 aromatic heterocycles. The molecular weight excluding hydrogens is 246 g/mol. The summed E-state index contributed by atoms with van der Waals surface area (Å²) < 4.78 is 2.10. The molecule has 0 spiro atoms. The van der Waals surface area contributed by atoms with Crippen molar-refractivity contribution in [3.8, 4) is 0 Å². The standard InChI is InChI=1S/C17H29N3/c1-4-14(2)20-11-10-16(19-20)13-17(18-3)12-15-8-6-5-7-9-15/h8,10-11,14,17-18H,4-7,9,12-13H2,1-3H3. The molecule has 0 bridgehead atoms. The van der Waals surface area contributed by atoms with Crippen LogP contribution in [0.4, 0.5) is 0 Å². The van der Waals surface area contributed by atoms with E-state index in [1.165, 1.54) is 37.8 Å². The Morgan fingerprint density at radius 2 is 2.20 bits per heavy atom. The molecule has 1 aliphatic rings. The normalized spacial score (nSPS) is 18.6. The third kappa shape index (κ3) is 4.20. The predicted octanol–water partition coefficient (Wildman–Crippen LogP) is 3.88. The van der Waals surface area contributed by atoms with Crippen LogP contribution in [0.25, 0.3) is 0 Å². The summed E-state index contributed by atoms with van der Waals surface area (Å²) in [5, 5.41) is 8.18. The number of rotatable bonds is 7. The average molecular weight is 275 g/mol. The summed E-state index contributed by atoms with van der Waals surface area (Å²) in [6.45, 7) is 4.43. The van der Waals surface area contributed by atoms with E-state index in [1.54, 1.807) is 5.57 Å². The van der Waals surface area contributed by atoms with E-state index >= 15 is 0 Å². The minimum absolute atomic E-state index is 0.498. The summed E-state index contributed by atoms with van der Waals surface area (Å²) in [6.07, 6.45) is 13.2. The molecule has 2 atom stereocenters. The highest BCUT2D eigenvalue weighted by Crippen LogP contribution is 2.22. The zero-order valence-electron chi connectivity index (χ0n) is 13.2. The fourth-order valence-corrected chi connectivity index (χ4v) is 2.85. The van der Waals surface area contributed by atoms with Gasteiger partial charge in [-0.3, -0.25) is 4.68 Å². The van der Waals surface area contributed by atoms with Gasteiger partial charge in [0.05, 0.1) is 5.69 Å². The van der Waals surface area contributed by atoms with Crippen LogP contribution in [0.2, 0.25) is 0 Å². The van der Waals surface area contributed by atoms with Crippen molar-refractivity contribution in [2.24, 2.45) is 0 Å². The SMILES string of the molecule is CCC(C)n1ccc(CC(CC2=CCCCC2)NC)n1. The molecule has 2 unspecified atom stereocenters. The van der Waals surface area contributed by atoms with Crippen molar-refractivity contribution < 1.29 is 0 Å². The van der Waals surface area contributed by atoms with E-state index in [9.17, 15) is 0 Å². The van der Waals surface area contributed by atoms with Gasteiger partial charge in [0.25, 0.3) is 0 Å². The number of hydrogen-bond donors (Lipinski definition) is 1. The Morgan fingerprint density at radius 3 is 2.85 bits per heavy atom. The molecule has 0 radical (unpaired) electrons. The first kappa shape index (κ1) is 15.3. The Morgan fingerprint density at radius 1 is 1.35 bits per heavy atom. The second-order valence-electron chi connectivity index (χ2n) is 6.05. The van der Waals surface area contributed by atoms with E-state index in [2.05, 4.69) is 49.2 Å². The summed E-state index contributed by atoms with van der Waals surface area (Å²) in [4.78, 5) is 0. The van der Waals surface area contributed by atoms with E-state index in [0.717, 1.165) is 12.8 Å². The minimum Gasteiger partial charge on any atom is -0.316 e. The van der Waals surface area contributed by atoms with E-state index in [4.69, 9.17) is 5.10 Å². The third-order valence-corrected chi connectivity index (χ3v) is 4.46. The molecule has 2 rings (SSSR count). The Hall–Kier alpha value is -1.09. The van der Waals surface area contributed by atoms with Gasteiger partial charge >= 0.3 is 0 Å². The molecule has 1 aliphatic carbocycles. The number of allylic oxidation sites excluding steroid dienone is 1. The lowest BCUT2D eigenvalue weighted by molar-refractivity contribution is 0.466. The molecule has 3 nitrogen and oxygen atoms in total. The number of hydrogen-bond acceptors (Lipinski definition) is 2. The molecule has 20 heavy (non-hydrogen) atoms. The molecular formula is C17H29N3. The van der Waals surface area contributed by atoms with Gasteiger partial charge in [0.1, 0.15) is 0 Å². The molecule has 0 fully saturated rings. The molecule has 1 N–H and O–H groups in total. The largest absolute Gasteiger partial charge is 0.316 e. The maximum Gasteiger partial charge on any atom is 0.0640 e. The van der Waals surface area contributed by atoms with Gasteiger partial charge in [0.15, 0.2) is 0 Å². The maximum absolute atomic E-state index is 4.72. The van der Waals surface area contributed by atoms with Gasteiger partial charge in [-0.15, -0.1) is 0 Å². The van der Waals surface area contributed by atoms with E-state index in [0.29, 0.717) is 12.1 Å². The van der Waals surface area contributed by atoms with Crippen molar-refractivity contribution in [2.45, 2.75) is 70.9 Å². The van der Waals surface area contributed by atoms with Gasteiger partial charge in [-0.25, -0.2) is 0 Å². The van der Waals surface area contributed by atoms with Gasteiger partial charge in [-0.1, -0.05) is 18.6 Å². The lowest BCUT2D eigenvalue weighted by atomic mass is 9.93. The van der Waals surface area contributed by atoms with Crippen LogP contribution in [0.15, 0.2) is 23.9 Å². The Balaban J connectivity index is 1.92. The molecule has 0 saturated heterocycles. The highest BCUT2D eigenvalue weighted by Gasteiger charge is 2.14. The summed E-state index contributed by atoms with van der Waals surface area (Å²) in [5.41, 5.74) is 2.85. The zero-order chi connectivity index (χ0) is 14.4. The maximum atomic E-state index is 4.72. The number of likely N-dealkylation sites (N-methyl/N-ethyl adjacent to an activating group) is 1. The molecule has 0 aromatic carbocycles. The van der Waals surface area contributed by atoms with E-state index in [1.807, 2.05) is 0 Å². The highest BCUT2D eigenvalue weighted by atomic mass is 15.3. The minimum atomic E-state index is 0.498. The number of aromatic nitrogens is 2. The van der Waals surface area contributed by atoms with Crippen molar-refractivity contribution >= 4 is 0 Å². The van der Waals surface area contributed by atoms with Crippen molar-refractivity contribution in [2.75, 3.05) is 7.05 Å². The third-order valence-electron chi connectivity index (χ3n) is 4.46. The van der Waals surface area contributed by atoms with Gasteiger partial charge in [-0.05, 0) is 58.6 Å².